The third kappa shape index (κ3) is 3.23. The third-order valence-electron chi connectivity index (χ3n) is 2.62. The number of rotatable bonds is 3. The Labute approximate surface area is 129 Å². The quantitative estimate of drug-likeness (QED) is 0.871. The molecule has 0 heterocycles. The Morgan fingerprint density at radius 1 is 1.30 bits per heavy atom. The van der Waals surface area contributed by atoms with Gasteiger partial charge in [0.25, 0.3) is 5.91 Å². The van der Waals surface area contributed by atoms with Crippen LogP contribution in [-0.2, 0) is 0 Å². The van der Waals surface area contributed by atoms with E-state index in [1.807, 2.05) is 0 Å². The molecule has 4 nitrogen and oxygen atoms in total. The van der Waals surface area contributed by atoms with Gasteiger partial charge in [-0.2, -0.15) is 0 Å². The summed E-state index contributed by atoms with van der Waals surface area (Å²) in [4.78, 5) is 12.1. The van der Waals surface area contributed by atoms with Crippen molar-refractivity contribution in [2.24, 2.45) is 0 Å². The monoisotopic (exact) mass is 355 g/mol. The topological polar surface area (TPSA) is 58.6 Å². The van der Waals surface area contributed by atoms with E-state index in [0.717, 1.165) is 0 Å². The lowest BCUT2D eigenvalue weighted by atomic mass is 10.2. The summed E-state index contributed by atoms with van der Waals surface area (Å²) in [5.41, 5.74) is 0.927. The van der Waals surface area contributed by atoms with E-state index in [9.17, 15) is 9.90 Å². The summed E-state index contributed by atoms with van der Waals surface area (Å²) >= 11 is 9.03. The van der Waals surface area contributed by atoms with E-state index in [0.29, 0.717) is 21.5 Å². The van der Waals surface area contributed by atoms with Crippen LogP contribution < -0.4 is 10.1 Å². The minimum absolute atomic E-state index is 0.0830. The molecule has 0 aliphatic carbocycles. The summed E-state index contributed by atoms with van der Waals surface area (Å²) in [6.07, 6.45) is 0. The zero-order valence-corrected chi connectivity index (χ0v) is 12.8. The van der Waals surface area contributed by atoms with Crippen molar-refractivity contribution in [1.82, 2.24) is 0 Å². The van der Waals surface area contributed by atoms with Crippen molar-refractivity contribution in [3.63, 3.8) is 0 Å². The molecule has 0 bridgehead atoms. The number of benzene rings is 2. The molecule has 20 heavy (non-hydrogen) atoms. The van der Waals surface area contributed by atoms with Crippen LogP contribution in [0.4, 0.5) is 5.69 Å². The number of carbonyl (C=O) groups excluding carboxylic acids is 1. The second kappa shape index (κ2) is 6.15. The highest BCUT2D eigenvalue weighted by molar-refractivity contribution is 9.10. The average Bonchev–Trinajstić information content (AvgIpc) is 2.42. The van der Waals surface area contributed by atoms with E-state index < -0.39 is 0 Å². The predicted molar refractivity (Wildman–Crippen MR) is 81.8 cm³/mol. The van der Waals surface area contributed by atoms with Gasteiger partial charge in [-0.3, -0.25) is 4.79 Å². The highest BCUT2D eigenvalue weighted by Gasteiger charge is 2.10. The summed E-state index contributed by atoms with van der Waals surface area (Å²) in [7, 11) is 1.55. The molecule has 6 heteroatoms. The predicted octanol–water partition coefficient (Wildman–Crippen LogP) is 4.07. The molecule has 104 valence electrons. The smallest absolute Gasteiger partial charge is 0.255 e. The number of methoxy groups -OCH3 is 1. The number of aromatic hydroxyl groups is 1. The normalized spacial score (nSPS) is 10.2. The van der Waals surface area contributed by atoms with E-state index in [1.54, 1.807) is 31.4 Å². The Balaban J connectivity index is 2.19. The number of ether oxygens (including phenoxy) is 1. The molecular weight excluding hydrogens is 346 g/mol. The molecule has 0 fully saturated rings. The molecule has 0 spiro atoms. The number of nitrogens with one attached hydrogen (secondary N) is 1. The van der Waals surface area contributed by atoms with Crippen LogP contribution in [0.2, 0.25) is 5.02 Å². The van der Waals surface area contributed by atoms with Crippen molar-refractivity contribution in [3.8, 4) is 11.5 Å². The lowest BCUT2D eigenvalue weighted by molar-refractivity contribution is 0.102. The molecule has 0 unspecified atom stereocenters. The van der Waals surface area contributed by atoms with Crippen molar-refractivity contribution in [1.29, 1.82) is 0 Å². The van der Waals surface area contributed by atoms with E-state index in [4.69, 9.17) is 16.3 Å². The zero-order chi connectivity index (χ0) is 14.7. The van der Waals surface area contributed by atoms with E-state index in [1.165, 1.54) is 12.1 Å². The number of phenolic OH excluding ortho intramolecular Hbond substituents is 1. The van der Waals surface area contributed by atoms with Gasteiger partial charge in [0.15, 0.2) is 0 Å². The standard InChI is InChI=1S/C14H11BrClNO3/c1-20-13-5-2-8(6-10(13)15)14(19)17-9-3-4-11(16)12(18)7-9/h2-7,18H,1H3,(H,17,19). The van der Waals surface area contributed by atoms with Gasteiger partial charge in [0.1, 0.15) is 11.5 Å². The maximum Gasteiger partial charge on any atom is 0.255 e. The largest absolute Gasteiger partial charge is 0.506 e. The van der Waals surface area contributed by atoms with Crippen LogP contribution in [-0.4, -0.2) is 18.1 Å². The highest BCUT2D eigenvalue weighted by Crippen LogP contribution is 2.28. The molecular formula is C14H11BrClNO3. The van der Waals surface area contributed by atoms with Gasteiger partial charge in [0.05, 0.1) is 16.6 Å². The summed E-state index contributed by atoms with van der Waals surface area (Å²) in [6.45, 7) is 0. The van der Waals surface area contributed by atoms with Crippen molar-refractivity contribution < 1.29 is 14.6 Å². The van der Waals surface area contributed by atoms with Crippen LogP contribution >= 0.6 is 27.5 Å². The van der Waals surface area contributed by atoms with Crippen LogP contribution in [0, 0.1) is 0 Å². The van der Waals surface area contributed by atoms with Crippen LogP contribution in [0.5, 0.6) is 11.5 Å². The molecule has 2 aromatic rings. The van der Waals surface area contributed by atoms with E-state index in [-0.39, 0.29) is 16.7 Å². The number of hydrogen-bond acceptors (Lipinski definition) is 3. The van der Waals surface area contributed by atoms with Gasteiger partial charge in [0, 0.05) is 17.3 Å². The van der Waals surface area contributed by atoms with Gasteiger partial charge in [0.2, 0.25) is 0 Å². The highest BCUT2D eigenvalue weighted by atomic mass is 79.9. The molecule has 0 aliphatic rings. The molecule has 2 aromatic carbocycles. The van der Waals surface area contributed by atoms with Gasteiger partial charge in [-0.15, -0.1) is 0 Å². The second-order valence-corrected chi connectivity index (χ2v) is 5.23. The molecule has 2 rings (SSSR count). The number of anilines is 1. The summed E-state index contributed by atoms with van der Waals surface area (Å²) in [6, 6.07) is 9.50. The molecule has 0 radical (unpaired) electrons. The fourth-order valence-corrected chi connectivity index (χ4v) is 2.26. The van der Waals surface area contributed by atoms with E-state index >= 15 is 0 Å². The van der Waals surface area contributed by atoms with E-state index in [2.05, 4.69) is 21.2 Å². The second-order valence-electron chi connectivity index (χ2n) is 3.97. The molecule has 0 aliphatic heterocycles. The number of halogens is 2. The van der Waals surface area contributed by atoms with Crippen molar-refractivity contribution in [3.05, 3.63) is 51.5 Å². The zero-order valence-electron chi connectivity index (χ0n) is 10.5. The van der Waals surface area contributed by atoms with Crippen LogP contribution in [0.1, 0.15) is 10.4 Å². The molecule has 2 N–H and O–H groups in total. The Morgan fingerprint density at radius 2 is 2.05 bits per heavy atom. The summed E-state index contributed by atoms with van der Waals surface area (Å²) < 4.78 is 5.79. The van der Waals surface area contributed by atoms with Gasteiger partial charge >= 0.3 is 0 Å². The minimum atomic E-state index is -0.296. The first-order valence-corrected chi connectivity index (χ1v) is 6.82. The third-order valence-corrected chi connectivity index (χ3v) is 3.56. The van der Waals surface area contributed by atoms with Crippen molar-refractivity contribution in [2.45, 2.75) is 0 Å². The Morgan fingerprint density at radius 3 is 2.65 bits per heavy atom. The first kappa shape index (κ1) is 14.7. The summed E-state index contributed by atoms with van der Waals surface area (Å²) in [5, 5.41) is 12.4. The number of amides is 1. The van der Waals surface area contributed by atoms with Crippen LogP contribution in [0.25, 0.3) is 0 Å². The molecule has 0 atom stereocenters. The molecule has 0 saturated carbocycles. The molecule has 1 amide bonds. The minimum Gasteiger partial charge on any atom is -0.506 e. The van der Waals surface area contributed by atoms with Crippen LogP contribution in [0.15, 0.2) is 40.9 Å². The Kier molecular flexibility index (Phi) is 4.52. The lowest BCUT2D eigenvalue weighted by Gasteiger charge is -2.08. The maximum absolute atomic E-state index is 12.1. The van der Waals surface area contributed by atoms with Gasteiger partial charge in [-0.25, -0.2) is 0 Å². The SMILES string of the molecule is COc1ccc(C(=O)Nc2ccc(Cl)c(O)c2)cc1Br. The van der Waals surface area contributed by atoms with Gasteiger partial charge < -0.3 is 15.2 Å². The number of carbonyl (C=O) groups is 1. The number of hydrogen-bond donors (Lipinski definition) is 2. The fourth-order valence-electron chi connectivity index (χ4n) is 1.60. The molecule has 0 saturated heterocycles. The number of phenols is 1. The first-order chi connectivity index (χ1) is 9.51. The summed E-state index contributed by atoms with van der Waals surface area (Å²) in [5.74, 6) is 0.265. The Bertz CT molecular complexity index is 661. The molecule has 0 aromatic heterocycles. The fraction of sp³-hybridized carbons (Fsp3) is 0.0714. The van der Waals surface area contributed by atoms with Crippen LogP contribution in [0.3, 0.4) is 0 Å². The van der Waals surface area contributed by atoms with Gasteiger partial charge in [-0.05, 0) is 46.3 Å². The lowest BCUT2D eigenvalue weighted by Crippen LogP contribution is -2.11. The first-order valence-electron chi connectivity index (χ1n) is 5.64. The van der Waals surface area contributed by atoms with Gasteiger partial charge in [-0.1, -0.05) is 11.6 Å². The maximum atomic E-state index is 12.1. The van der Waals surface area contributed by atoms with Crippen molar-refractivity contribution in [2.75, 3.05) is 12.4 Å². The average molecular weight is 357 g/mol. The Hall–Kier alpha value is -1.72. The van der Waals surface area contributed by atoms with Crippen molar-refractivity contribution >= 4 is 39.1 Å².